The number of amides is 2. The van der Waals surface area contributed by atoms with Crippen LogP contribution in [-0.2, 0) is 9.47 Å². The molecule has 23 heavy (non-hydrogen) atoms. The average Bonchev–Trinajstić information content (AvgIpc) is 2.34. The van der Waals surface area contributed by atoms with Gasteiger partial charge in [-0.2, -0.15) is 0 Å². The fourth-order valence-corrected chi connectivity index (χ4v) is 2.95. The molecule has 0 heterocycles. The lowest BCUT2D eigenvalue weighted by atomic mass is 9.85. The molecule has 0 spiro atoms. The summed E-state index contributed by atoms with van der Waals surface area (Å²) in [5.74, 6) is 0.00211. The molecule has 0 fully saturated rings. The van der Waals surface area contributed by atoms with E-state index in [0.717, 1.165) is 6.04 Å². The maximum atomic E-state index is 11.6. The molecule has 0 aliphatic heterocycles. The molecular formula is C15H33N3O4Si. The monoisotopic (exact) mass is 347 g/mol. The zero-order valence-corrected chi connectivity index (χ0v) is 16.1. The summed E-state index contributed by atoms with van der Waals surface area (Å²) < 4.78 is 10.3. The molecule has 2 amide bonds. The molecule has 0 bridgehead atoms. The Kier molecular flexibility index (Phi) is 9.22. The van der Waals surface area contributed by atoms with Crippen molar-refractivity contribution in [2.24, 2.45) is 17.4 Å². The summed E-state index contributed by atoms with van der Waals surface area (Å²) in [7, 11) is -1.20. The predicted octanol–water partition coefficient (Wildman–Crippen LogP) is 2.28. The molecule has 0 rings (SSSR count). The minimum Gasteiger partial charge on any atom is -0.450 e. The highest BCUT2D eigenvalue weighted by atomic mass is 28.3. The predicted molar refractivity (Wildman–Crippen MR) is 94.0 cm³/mol. The van der Waals surface area contributed by atoms with Crippen LogP contribution in [0.1, 0.15) is 26.7 Å². The van der Waals surface area contributed by atoms with Gasteiger partial charge in [0.05, 0.1) is 6.61 Å². The first-order valence-corrected chi connectivity index (χ1v) is 11.8. The molecule has 0 aliphatic carbocycles. The summed E-state index contributed by atoms with van der Waals surface area (Å²) in [6.07, 6.45) is 0.0758. The molecule has 0 saturated carbocycles. The lowest BCUT2D eigenvalue weighted by molar-refractivity contribution is -0.00646. The van der Waals surface area contributed by atoms with Crippen molar-refractivity contribution in [1.82, 2.24) is 5.32 Å². The van der Waals surface area contributed by atoms with Crippen LogP contribution in [0.3, 0.4) is 0 Å². The summed E-state index contributed by atoms with van der Waals surface area (Å²) in [6.45, 7) is 11.6. The third-order valence-electron chi connectivity index (χ3n) is 3.71. The summed E-state index contributed by atoms with van der Waals surface area (Å²) in [5, 5.41) is 2.72. The van der Waals surface area contributed by atoms with Gasteiger partial charge in [-0.15, -0.1) is 0 Å². The molecule has 0 aromatic rings. The van der Waals surface area contributed by atoms with Gasteiger partial charge in [-0.3, -0.25) is 0 Å². The third-order valence-corrected chi connectivity index (χ3v) is 5.41. The summed E-state index contributed by atoms with van der Waals surface area (Å²) in [5.41, 5.74) is 9.99. The van der Waals surface area contributed by atoms with Crippen molar-refractivity contribution >= 4 is 20.3 Å². The molecular weight excluding hydrogens is 314 g/mol. The number of nitrogens with one attached hydrogen (secondary N) is 1. The quantitative estimate of drug-likeness (QED) is 0.524. The molecule has 1 unspecified atom stereocenters. The first kappa shape index (κ1) is 21.7. The van der Waals surface area contributed by atoms with E-state index in [1.807, 2.05) is 0 Å². The molecule has 136 valence electrons. The highest BCUT2D eigenvalue weighted by Gasteiger charge is 2.32. The number of primary amides is 1. The van der Waals surface area contributed by atoms with Crippen molar-refractivity contribution < 1.29 is 19.1 Å². The van der Waals surface area contributed by atoms with Gasteiger partial charge in [-0.05, 0) is 39.3 Å². The Labute approximate surface area is 140 Å². The molecule has 7 nitrogen and oxygen atoms in total. The molecule has 0 saturated heterocycles. The normalized spacial score (nSPS) is 13.3. The summed E-state index contributed by atoms with van der Waals surface area (Å²) in [6, 6.07) is 0.940. The Morgan fingerprint density at radius 1 is 1.22 bits per heavy atom. The number of carbonyl (C=O) groups is 2. The van der Waals surface area contributed by atoms with Gasteiger partial charge in [0, 0.05) is 20.5 Å². The van der Waals surface area contributed by atoms with Crippen molar-refractivity contribution in [3.05, 3.63) is 0 Å². The number of carbonyl (C=O) groups excluding carboxylic acids is 2. The van der Waals surface area contributed by atoms with Gasteiger partial charge in [0.2, 0.25) is 0 Å². The van der Waals surface area contributed by atoms with Crippen LogP contribution in [0.5, 0.6) is 0 Å². The fraction of sp³-hybridized carbons (Fsp3) is 0.867. The van der Waals surface area contributed by atoms with Crippen LogP contribution in [0.15, 0.2) is 0 Å². The van der Waals surface area contributed by atoms with Crippen molar-refractivity contribution in [2.45, 2.75) is 58.0 Å². The van der Waals surface area contributed by atoms with E-state index in [9.17, 15) is 9.59 Å². The van der Waals surface area contributed by atoms with E-state index in [0.29, 0.717) is 32.5 Å². The molecule has 8 heteroatoms. The molecule has 0 aromatic heterocycles. The SMILES string of the molecule is CC(C)(OC(N)=O)C(CCN)CCNC(=O)OCC[Si](C)(C)C. The van der Waals surface area contributed by atoms with E-state index < -0.39 is 25.9 Å². The Morgan fingerprint density at radius 2 is 1.83 bits per heavy atom. The molecule has 0 aliphatic rings. The lowest BCUT2D eigenvalue weighted by Gasteiger charge is -2.33. The second-order valence-corrected chi connectivity index (χ2v) is 13.1. The summed E-state index contributed by atoms with van der Waals surface area (Å²) in [4.78, 5) is 22.6. The van der Waals surface area contributed by atoms with Crippen molar-refractivity contribution in [2.75, 3.05) is 19.7 Å². The molecule has 5 N–H and O–H groups in total. The van der Waals surface area contributed by atoms with Crippen LogP contribution in [0.2, 0.25) is 25.7 Å². The van der Waals surface area contributed by atoms with E-state index in [4.69, 9.17) is 20.9 Å². The number of alkyl carbamates (subject to hydrolysis) is 1. The van der Waals surface area contributed by atoms with Gasteiger partial charge in [-0.1, -0.05) is 19.6 Å². The van der Waals surface area contributed by atoms with Crippen LogP contribution in [0.25, 0.3) is 0 Å². The highest BCUT2D eigenvalue weighted by Crippen LogP contribution is 2.27. The fourth-order valence-electron chi connectivity index (χ4n) is 2.23. The second-order valence-electron chi connectivity index (χ2n) is 7.46. The van der Waals surface area contributed by atoms with Gasteiger partial charge in [0.15, 0.2) is 0 Å². The number of rotatable bonds is 10. The smallest absolute Gasteiger partial charge is 0.407 e. The number of hydrogen-bond acceptors (Lipinski definition) is 5. The van der Waals surface area contributed by atoms with Gasteiger partial charge in [0.25, 0.3) is 0 Å². The van der Waals surface area contributed by atoms with Gasteiger partial charge >= 0.3 is 12.2 Å². The lowest BCUT2D eigenvalue weighted by Crippen LogP contribution is -2.41. The zero-order valence-electron chi connectivity index (χ0n) is 15.1. The largest absolute Gasteiger partial charge is 0.450 e. The van der Waals surface area contributed by atoms with Gasteiger partial charge in [0.1, 0.15) is 5.60 Å². The minimum atomic E-state index is -1.20. The van der Waals surface area contributed by atoms with Gasteiger partial charge in [-0.25, -0.2) is 9.59 Å². The Morgan fingerprint density at radius 3 is 2.30 bits per heavy atom. The van der Waals surface area contributed by atoms with E-state index in [2.05, 4.69) is 25.0 Å². The second kappa shape index (κ2) is 9.77. The van der Waals surface area contributed by atoms with Crippen molar-refractivity contribution in [3.8, 4) is 0 Å². The summed E-state index contributed by atoms with van der Waals surface area (Å²) >= 11 is 0. The average molecular weight is 348 g/mol. The van der Waals surface area contributed by atoms with Crippen LogP contribution in [0, 0.1) is 5.92 Å². The molecule has 1 atom stereocenters. The van der Waals surface area contributed by atoms with Crippen LogP contribution < -0.4 is 16.8 Å². The topological polar surface area (TPSA) is 117 Å². The van der Waals surface area contributed by atoms with E-state index in [1.165, 1.54) is 0 Å². The van der Waals surface area contributed by atoms with E-state index >= 15 is 0 Å². The Balaban J connectivity index is 4.22. The Bertz CT molecular complexity index is 383. The zero-order chi connectivity index (χ0) is 18.1. The van der Waals surface area contributed by atoms with Crippen molar-refractivity contribution in [3.63, 3.8) is 0 Å². The van der Waals surface area contributed by atoms with Gasteiger partial charge < -0.3 is 26.3 Å². The van der Waals surface area contributed by atoms with E-state index in [-0.39, 0.29) is 5.92 Å². The highest BCUT2D eigenvalue weighted by molar-refractivity contribution is 6.76. The third kappa shape index (κ3) is 11.0. The van der Waals surface area contributed by atoms with E-state index in [1.54, 1.807) is 13.8 Å². The molecule has 0 radical (unpaired) electrons. The van der Waals surface area contributed by atoms with Crippen molar-refractivity contribution in [1.29, 1.82) is 0 Å². The first-order chi connectivity index (χ1) is 10.5. The standard InChI is InChI=1S/C15H33N3O4Si/c1-15(2,22-13(17)19)12(6-8-16)7-9-18-14(20)21-10-11-23(3,4)5/h12H,6-11,16H2,1-5H3,(H2,17,19)(H,18,20). The number of nitrogens with two attached hydrogens (primary N) is 2. The maximum absolute atomic E-state index is 11.6. The maximum Gasteiger partial charge on any atom is 0.407 e. The first-order valence-electron chi connectivity index (χ1n) is 8.07. The Hall–Kier alpha value is -1.28. The van der Waals surface area contributed by atoms with Crippen LogP contribution in [-0.4, -0.2) is 45.6 Å². The van der Waals surface area contributed by atoms with Crippen LogP contribution >= 0.6 is 0 Å². The number of hydrogen-bond donors (Lipinski definition) is 3. The minimum absolute atomic E-state index is 0.00211. The number of ether oxygens (including phenoxy) is 2. The molecule has 0 aromatic carbocycles. The van der Waals surface area contributed by atoms with Crippen LogP contribution in [0.4, 0.5) is 9.59 Å².